The molecule has 0 spiro atoms. The lowest BCUT2D eigenvalue weighted by atomic mass is 10.1. The van der Waals surface area contributed by atoms with Crippen molar-refractivity contribution in [1.82, 2.24) is 0 Å². The third kappa shape index (κ3) is 4.85. The minimum absolute atomic E-state index is 0.0662. The molecule has 4 heteroatoms. The molecule has 0 saturated carbocycles. The molecule has 1 unspecified atom stereocenters. The summed E-state index contributed by atoms with van der Waals surface area (Å²) < 4.78 is 5.85. The van der Waals surface area contributed by atoms with Crippen molar-refractivity contribution in [3.63, 3.8) is 0 Å². The second-order valence-corrected chi connectivity index (χ2v) is 6.45. The highest BCUT2D eigenvalue weighted by molar-refractivity contribution is 6.35. The lowest BCUT2D eigenvalue weighted by Gasteiger charge is -2.09. The predicted molar refractivity (Wildman–Crippen MR) is 105 cm³/mol. The van der Waals surface area contributed by atoms with Gasteiger partial charge in [-0.15, -0.1) is 0 Å². The van der Waals surface area contributed by atoms with Gasteiger partial charge in [-0.1, -0.05) is 59.6 Å². The quantitative estimate of drug-likeness (QED) is 0.445. The Morgan fingerprint density at radius 3 is 2.40 bits per heavy atom. The van der Waals surface area contributed by atoms with E-state index in [1.54, 1.807) is 6.07 Å². The molecule has 0 aliphatic rings. The van der Waals surface area contributed by atoms with Crippen LogP contribution in [0, 0.1) is 0 Å². The van der Waals surface area contributed by atoms with Crippen LogP contribution < -0.4 is 4.74 Å². The zero-order chi connectivity index (χ0) is 17.6. The lowest BCUT2D eigenvalue weighted by molar-refractivity contribution is 0.482. The van der Waals surface area contributed by atoms with E-state index in [4.69, 9.17) is 27.9 Å². The molecule has 0 bridgehead atoms. The molecule has 0 fully saturated rings. The van der Waals surface area contributed by atoms with Crippen LogP contribution in [0.25, 0.3) is 0 Å². The Kier molecular flexibility index (Phi) is 5.75. The molecular formula is C21H17Cl2NO. The van der Waals surface area contributed by atoms with E-state index in [1.165, 1.54) is 0 Å². The summed E-state index contributed by atoms with van der Waals surface area (Å²) in [5.41, 5.74) is 1.91. The third-order valence-corrected chi connectivity index (χ3v) is 4.26. The summed E-state index contributed by atoms with van der Waals surface area (Å²) in [6, 6.07) is 22.9. The first kappa shape index (κ1) is 17.5. The fourth-order valence-electron chi connectivity index (χ4n) is 2.40. The second-order valence-electron chi connectivity index (χ2n) is 5.61. The van der Waals surface area contributed by atoms with Gasteiger partial charge in [0.05, 0.1) is 6.04 Å². The Hall–Kier alpha value is -2.29. The zero-order valence-electron chi connectivity index (χ0n) is 13.7. The third-order valence-electron chi connectivity index (χ3n) is 3.70. The lowest BCUT2D eigenvalue weighted by Crippen LogP contribution is -1.93. The molecule has 3 aromatic rings. The maximum atomic E-state index is 6.24. The molecule has 3 rings (SSSR count). The molecule has 3 aromatic carbocycles. The topological polar surface area (TPSA) is 21.6 Å². The molecule has 0 radical (unpaired) electrons. The number of hydrogen-bond acceptors (Lipinski definition) is 2. The fraction of sp³-hybridized carbons (Fsp3) is 0.0952. The van der Waals surface area contributed by atoms with Crippen LogP contribution in [0.3, 0.4) is 0 Å². The highest BCUT2D eigenvalue weighted by Crippen LogP contribution is 2.28. The van der Waals surface area contributed by atoms with Gasteiger partial charge in [0.15, 0.2) is 0 Å². The summed E-state index contributed by atoms with van der Waals surface area (Å²) in [7, 11) is 0. The van der Waals surface area contributed by atoms with Crippen molar-refractivity contribution in [3.05, 3.63) is 94.0 Å². The molecule has 0 aliphatic carbocycles. The van der Waals surface area contributed by atoms with Crippen molar-refractivity contribution in [2.75, 3.05) is 0 Å². The van der Waals surface area contributed by atoms with Gasteiger partial charge < -0.3 is 4.74 Å². The van der Waals surface area contributed by atoms with Crippen LogP contribution in [0.5, 0.6) is 11.5 Å². The van der Waals surface area contributed by atoms with Gasteiger partial charge in [-0.2, -0.15) is 0 Å². The summed E-state index contributed by atoms with van der Waals surface area (Å²) in [4.78, 5) is 4.60. The Labute approximate surface area is 157 Å². The van der Waals surface area contributed by atoms with Crippen molar-refractivity contribution in [2.45, 2.75) is 13.0 Å². The molecule has 0 saturated heterocycles. The van der Waals surface area contributed by atoms with Gasteiger partial charge in [-0.05, 0) is 54.4 Å². The molecule has 25 heavy (non-hydrogen) atoms. The van der Waals surface area contributed by atoms with E-state index < -0.39 is 0 Å². The predicted octanol–water partition coefficient (Wildman–Crippen LogP) is 6.97. The smallest absolute Gasteiger partial charge is 0.128 e. The Morgan fingerprint density at radius 2 is 1.64 bits per heavy atom. The number of ether oxygens (including phenoxy) is 1. The molecule has 0 N–H and O–H groups in total. The van der Waals surface area contributed by atoms with Crippen LogP contribution in [0.15, 0.2) is 77.8 Å². The minimum atomic E-state index is -0.0662. The van der Waals surface area contributed by atoms with Gasteiger partial charge in [-0.25, -0.2) is 0 Å². The van der Waals surface area contributed by atoms with Gasteiger partial charge in [0.2, 0.25) is 0 Å². The first-order valence-electron chi connectivity index (χ1n) is 7.93. The van der Waals surface area contributed by atoms with E-state index in [1.807, 2.05) is 79.9 Å². The van der Waals surface area contributed by atoms with E-state index in [2.05, 4.69) is 4.99 Å². The second kappa shape index (κ2) is 8.19. The number of rotatable bonds is 5. The van der Waals surface area contributed by atoms with Crippen molar-refractivity contribution < 1.29 is 4.74 Å². The first-order valence-corrected chi connectivity index (χ1v) is 8.68. The van der Waals surface area contributed by atoms with Crippen LogP contribution >= 0.6 is 23.2 Å². The van der Waals surface area contributed by atoms with Gasteiger partial charge in [0.1, 0.15) is 11.5 Å². The van der Waals surface area contributed by atoms with Gasteiger partial charge in [0, 0.05) is 16.3 Å². The molecule has 0 amide bonds. The number of nitrogens with zero attached hydrogens (tertiary/aromatic N) is 1. The number of hydrogen-bond donors (Lipinski definition) is 0. The molecule has 1 atom stereocenters. The van der Waals surface area contributed by atoms with Crippen molar-refractivity contribution in [3.8, 4) is 11.5 Å². The standard InChI is InChI=1S/C21H17Cl2NO/c1-15(20-11-10-17(22)13-21(20)23)24-14-16-6-5-9-19(12-16)25-18-7-3-2-4-8-18/h2-15H,1H3. The van der Waals surface area contributed by atoms with Crippen LogP contribution in [-0.2, 0) is 0 Å². The van der Waals surface area contributed by atoms with Gasteiger partial charge in [0.25, 0.3) is 0 Å². The highest BCUT2D eigenvalue weighted by Gasteiger charge is 2.08. The number of benzene rings is 3. The van der Waals surface area contributed by atoms with Gasteiger partial charge in [-0.3, -0.25) is 4.99 Å². The summed E-state index contributed by atoms with van der Waals surface area (Å²) in [5, 5.41) is 1.24. The van der Waals surface area contributed by atoms with E-state index in [0.29, 0.717) is 10.0 Å². The van der Waals surface area contributed by atoms with Crippen molar-refractivity contribution in [2.24, 2.45) is 4.99 Å². The maximum absolute atomic E-state index is 6.24. The van der Waals surface area contributed by atoms with Crippen LogP contribution in [-0.4, -0.2) is 6.21 Å². The summed E-state index contributed by atoms with van der Waals surface area (Å²) in [6.07, 6.45) is 1.83. The Morgan fingerprint density at radius 1 is 0.880 bits per heavy atom. The maximum Gasteiger partial charge on any atom is 0.128 e. The SMILES string of the molecule is CC(N=Cc1cccc(Oc2ccccc2)c1)c1ccc(Cl)cc1Cl. The van der Waals surface area contributed by atoms with Crippen LogP contribution in [0.2, 0.25) is 10.0 Å². The van der Waals surface area contributed by atoms with Crippen LogP contribution in [0.4, 0.5) is 0 Å². The first-order chi connectivity index (χ1) is 12.1. The molecule has 126 valence electrons. The molecule has 0 aromatic heterocycles. The molecular weight excluding hydrogens is 353 g/mol. The van der Waals surface area contributed by atoms with E-state index >= 15 is 0 Å². The Balaban J connectivity index is 1.74. The monoisotopic (exact) mass is 369 g/mol. The van der Waals surface area contributed by atoms with Crippen molar-refractivity contribution in [1.29, 1.82) is 0 Å². The van der Waals surface area contributed by atoms with E-state index in [9.17, 15) is 0 Å². The highest BCUT2D eigenvalue weighted by atomic mass is 35.5. The summed E-state index contributed by atoms with van der Waals surface area (Å²) >= 11 is 12.2. The molecule has 0 heterocycles. The Bertz CT molecular complexity index is 878. The normalized spacial score (nSPS) is 12.3. The molecule has 0 aliphatic heterocycles. The van der Waals surface area contributed by atoms with E-state index in [-0.39, 0.29) is 6.04 Å². The fourth-order valence-corrected chi connectivity index (χ4v) is 2.97. The zero-order valence-corrected chi connectivity index (χ0v) is 15.2. The average molecular weight is 370 g/mol. The number of para-hydroxylation sites is 1. The van der Waals surface area contributed by atoms with Gasteiger partial charge >= 0.3 is 0 Å². The summed E-state index contributed by atoms with van der Waals surface area (Å²) in [6.45, 7) is 2.00. The average Bonchev–Trinajstić information content (AvgIpc) is 2.61. The van der Waals surface area contributed by atoms with E-state index in [0.717, 1.165) is 22.6 Å². The summed E-state index contributed by atoms with van der Waals surface area (Å²) in [5.74, 6) is 1.57. The molecule has 2 nitrogen and oxygen atoms in total. The minimum Gasteiger partial charge on any atom is -0.457 e. The number of aliphatic imine (C=N–C) groups is 1. The largest absolute Gasteiger partial charge is 0.457 e. The number of halogens is 2. The van der Waals surface area contributed by atoms with Crippen molar-refractivity contribution >= 4 is 29.4 Å². The van der Waals surface area contributed by atoms with Crippen LogP contribution in [0.1, 0.15) is 24.1 Å².